The van der Waals surface area contributed by atoms with Crippen molar-refractivity contribution < 1.29 is 19.8 Å². The van der Waals surface area contributed by atoms with Gasteiger partial charge in [0.05, 0.1) is 11.7 Å². The summed E-state index contributed by atoms with van der Waals surface area (Å²) in [6.45, 7) is 1.64. The van der Waals surface area contributed by atoms with E-state index in [4.69, 9.17) is 5.11 Å². The van der Waals surface area contributed by atoms with Gasteiger partial charge in [0, 0.05) is 24.3 Å². The van der Waals surface area contributed by atoms with Crippen LogP contribution in [0.25, 0.3) is 6.08 Å². The second kappa shape index (κ2) is 7.97. The molecule has 5 heteroatoms. The Morgan fingerprint density at radius 2 is 1.50 bits per heavy atom. The molecule has 3 rings (SSSR count). The van der Waals surface area contributed by atoms with Gasteiger partial charge in [-0.25, -0.2) is 4.79 Å². The molecule has 1 saturated heterocycles. The molecule has 1 fully saturated rings. The van der Waals surface area contributed by atoms with Gasteiger partial charge in [0.2, 0.25) is 0 Å². The lowest BCUT2D eigenvalue weighted by Crippen LogP contribution is -2.35. The zero-order chi connectivity index (χ0) is 18.5. The number of carboxylic acids is 1. The summed E-state index contributed by atoms with van der Waals surface area (Å²) < 4.78 is 0. The highest BCUT2D eigenvalue weighted by Gasteiger charge is 2.17. The number of carboxylic acid groups (broad SMARTS) is 1. The molecule has 134 valence electrons. The number of ketones is 1. The highest BCUT2D eigenvalue weighted by molar-refractivity contribution is 6.07. The Morgan fingerprint density at radius 3 is 2.08 bits per heavy atom. The lowest BCUT2D eigenvalue weighted by molar-refractivity contribution is 0.0696. The molecule has 0 bridgehead atoms. The van der Waals surface area contributed by atoms with Crippen LogP contribution in [0.15, 0.2) is 54.6 Å². The van der Waals surface area contributed by atoms with Gasteiger partial charge in [-0.2, -0.15) is 0 Å². The third-order valence-electron chi connectivity index (χ3n) is 4.57. The van der Waals surface area contributed by atoms with Crippen LogP contribution in [0.2, 0.25) is 0 Å². The summed E-state index contributed by atoms with van der Waals surface area (Å²) in [4.78, 5) is 25.3. The van der Waals surface area contributed by atoms with Crippen LogP contribution in [-0.4, -0.2) is 41.2 Å². The van der Waals surface area contributed by atoms with Gasteiger partial charge in [-0.05, 0) is 60.9 Å². The van der Waals surface area contributed by atoms with Crippen molar-refractivity contribution in [3.05, 3.63) is 71.3 Å². The minimum absolute atomic E-state index is 0.104. The van der Waals surface area contributed by atoms with Crippen LogP contribution in [0, 0.1) is 0 Å². The number of piperidine rings is 1. The van der Waals surface area contributed by atoms with E-state index < -0.39 is 5.97 Å². The van der Waals surface area contributed by atoms with Crippen LogP contribution in [0.3, 0.4) is 0 Å². The quantitative estimate of drug-likeness (QED) is 0.639. The van der Waals surface area contributed by atoms with Crippen LogP contribution in [0.1, 0.15) is 39.1 Å². The molecule has 0 atom stereocenters. The van der Waals surface area contributed by atoms with Gasteiger partial charge in [0.15, 0.2) is 5.78 Å². The van der Waals surface area contributed by atoms with Crippen molar-refractivity contribution in [2.75, 3.05) is 18.0 Å². The molecule has 0 spiro atoms. The predicted octanol–water partition coefficient (Wildman–Crippen LogP) is 3.24. The van der Waals surface area contributed by atoms with E-state index in [0.717, 1.165) is 37.2 Å². The maximum Gasteiger partial charge on any atom is 0.335 e. The number of benzene rings is 2. The molecular formula is C21H21NO4. The number of allylic oxidation sites excluding steroid dienone is 1. The number of anilines is 1. The molecule has 1 aliphatic rings. The van der Waals surface area contributed by atoms with Crippen LogP contribution in [0.5, 0.6) is 0 Å². The van der Waals surface area contributed by atoms with E-state index in [9.17, 15) is 14.7 Å². The Hall–Kier alpha value is -2.92. The van der Waals surface area contributed by atoms with E-state index >= 15 is 0 Å². The fraction of sp³-hybridized carbons (Fsp3) is 0.238. The van der Waals surface area contributed by atoms with Crippen LogP contribution in [0.4, 0.5) is 5.69 Å². The highest BCUT2D eigenvalue weighted by atomic mass is 16.4. The fourth-order valence-electron chi connectivity index (χ4n) is 2.97. The SMILES string of the molecule is O=C(O)c1ccc(/C=C/C(=O)c2ccc(N3CCC(O)CC3)cc2)cc1. The molecule has 0 radical (unpaired) electrons. The maximum atomic E-state index is 12.3. The van der Waals surface area contributed by atoms with E-state index in [2.05, 4.69) is 4.90 Å². The first-order valence-electron chi connectivity index (χ1n) is 8.62. The summed E-state index contributed by atoms with van der Waals surface area (Å²) in [5.41, 5.74) is 2.65. The second-order valence-corrected chi connectivity index (χ2v) is 6.39. The monoisotopic (exact) mass is 351 g/mol. The number of aliphatic hydroxyl groups is 1. The molecule has 0 amide bonds. The number of carbonyl (C=O) groups excluding carboxylic acids is 1. The lowest BCUT2D eigenvalue weighted by Gasteiger charge is -2.31. The summed E-state index contributed by atoms with van der Waals surface area (Å²) in [6, 6.07) is 13.8. The third-order valence-corrected chi connectivity index (χ3v) is 4.57. The van der Waals surface area contributed by atoms with Crippen molar-refractivity contribution in [2.45, 2.75) is 18.9 Å². The topological polar surface area (TPSA) is 77.8 Å². The molecule has 1 aliphatic heterocycles. The first kappa shape index (κ1) is 17.9. The Bertz CT molecular complexity index is 801. The summed E-state index contributed by atoms with van der Waals surface area (Å²) in [5, 5.41) is 18.5. The normalized spacial score (nSPS) is 15.3. The van der Waals surface area contributed by atoms with Gasteiger partial charge in [0.25, 0.3) is 0 Å². The molecule has 1 heterocycles. The molecule has 26 heavy (non-hydrogen) atoms. The van der Waals surface area contributed by atoms with Crippen LogP contribution >= 0.6 is 0 Å². The van der Waals surface area contributed by atoms with Gasteiger partial charge >= 0.3 is 5.97 Å². The van der Waals surface area contributed by atoms with Crippen molar-refractivity contribution >= 4 is 23.5 Å². The number of rotatable bonds is 5. The average molecular weight is 351 g/mol. The number of aromatic carboxylic acids is 1. The fourth-order valence-corrected chi connectivity index (χ4v) is 2.97. The van der Waals surface area contributed by atoms with Gasteiger partial charge in [0.1, 0.15) is 0 Å². The van der Waals surface area contributed by atoms with Crippen molar-refractivity contribution in [2.24, 2.45) is 0 Å². The number of hydrogen-bond acceptors (Lipinski definition) is 4. The third kappa shape index (κ3) is 4.37. The van der Waals surface area contributed by atoms with Crippen molar-refractivity contribution in [1.29, 1.82) is 0 Å². The smallest absolute Gasteiger partial charge is 0.335 e. The lowest BCUT2D eigenvalue weighted by atomic mass is 10.1. The number of nitrogens with zero attached hydrogens (tertiary/aromatic N) is 1. The molecule has 0 aromatic heterocycles. The standard InChI is InChI=1S/C21H21NO4/c23-19-11-13-22(14-12-19)18-8-6-16(7-9-18)20(24)10-3-15-1-4-17(5-2-15)21(25)26/h1-10,19,23H,11-14H2,(H,25,26)/b10-3+. The van der Waals surface area contributed by atoms with E-state index in [0.29, 0.717) is 5.56 Å². The Balaban J connectivity index is 1.63. The van der Waals surface area contributed by atoms with E-state index in [1.807, 2.05) is 12.1 Å². The summed E-state index contributed by atoms with van der Waals surface area (Å²) in [7, 11) is 0. The molecular weight excluding hydrogens is 330 g/mol. The second-order valence-electron chi connectivity index (χ2n) is 6.39. The Labute approximate surface area is 152 Å². The van der Waals surface area contributed by atoms with Crippen LogP contribution < -0.4 is 4.90 Å². The van der Waals surface area contributed by atoms with E-state index in [-0.39, 0.29) is 17.5 Å². The Kier molecular flexibility index (Phi) is 5.49. The zero-order valence-electron chi connectivity index (χ0n) is 14.3. The summed E-state index contributed by atoms with van der Waals surface area (Å²) >= 11 is 0. The zero-order valence-corrected chi connectivity index (χ0v) is 14.3. The molecule has 0 unspecified atom stereocenters. The average Bonchev–Trinajstić information content (AvgIpc) is 2.67. The number of hydrogen-bond donors (Lipinski definition) is 2. The van der Waals surface area contributed by atoms with E-state index in [1.165, 1.54) is 18.2 Å². The number of aliphatic hydroxyl groups excluding tert-OH is 1. The van der Waals surface area contributed by atoms with Crippen LogP contribution in [-0.2, 0) is 0 Å². The van der Waals surface area contributed by atoms with Crippen molar-refractivity contribution in [3.8, 4) is 0 Å². The van der Waals surface area contributed by atoms with Crippen molar-refractivity contribution in [3.63, 3.8) is 0 Å². The minimum atomic E-state index is -0.972. The van der Waals surface area contributed by atoms with E-state index in [1.54, 1.807) is 30.3 Å². The molecule has 2 aromatic carbocycles. The molecule has 2 aromatic rings. The molecule has 0 saturated carbocycles. The van der Waals surface area contributed by atoms with Gasteiger partial charge < -0.3 is 15.1 Å². The first-order chi connectivity index (χ1) is 12.5. The largest absolute Gasteiger partial charge is 0.478 e. The van der Waals surface area contributed by atoms with Gasteiger partial charge in [-0.1, -0.05) is 18.2 Å². The van der Waals surface area contributed by atoms with Gasteiger partial charge in [-0.15, -0.1) is 0 Å². The molecule has 5 nitrogen and oxygen atoms in total. The number of carbonyl (C=O) groups is 2. The van der Waals surface area contributed by atoms with Crippen molar-refractivity contribution in [1.82, 2.24) is 0 Å². The highest BCUT2D eigenvalue weighted by Crippen LogP contribution is 2.21. The first-order valence-corrected chi connectivity index (χ1v) is 8.62. The molecule has 2 N–H and O–H groups in total. The maximum absolute atomic E-state index is 12.3. The summed E-state index contributed by atoms with van der Waals surface area (Å²) in [5.74, 6) is -1.08. The van der Waals surface area contributed by atoms with Gasteiger partial charge in [-0.3, -0.25) is 4.79 Å². The molecule has 0 aliphatic carbocycles. The Morgan fingerprint density at radius 1 is 0.923 bits per heavy atom. The summed E-state index contributed by atoms with van der Waals surface area (Å²) in [6.07, 6.45) is 4.49. The minimum Gasteiger partial charge on any atom is -0.478 e. The predicted molar refractivity (Wildman–Crippen MR) is 101 cm³/mol.